The molecule has 0 fully saturated rings. The van der Waals surface area contributed by atoms with Gasteiger partial charge in [-0.1, -0.05) is 35.5 Å². The lowest BCUT2D eigenvalue weighted by molar-refractivity contribution is -0.121. The van der Waals surface area contributed by atoms with Crippen molar-refractivity contribution in [2.45, 2.75) is 32.7 Å². The van der Waals surface area contributed by atoms with E-state index < -0.39 is 0 Å². The molecule has 0 bridgehead atoms. The minimum Gasteiger partial charge on any atom is -0.396 e. The predicted octanol–water partition coefficient (Wildman–Crippen LogP) is 2.07. The molecule has 2 aromatic rings. The minimum absolute atomic E-state index is 0.0190. The van der Waals surface area contributed by atoms with Gasteiger partial charge in [0.15, 0.2) is 0 Å². The van der Waals surface area contributed by atoms with Gasteiger partial charge in [0.2, 0.25) is 5.91 Å². The average molecular weight is 288 g/mol. The number of aliphatic hydroxyl groups excluding tert-OH is 1. The van der Waals surface area contributed by atoms with E-state index in [9.17, 15) is 9.90 Å². The van der Waals surface area contributed by atoms with Crippen LogP contribution in [0.1, 0.15) is 35.0 Å². The van der Waals surface area contributed by atoms with Gasteiger partial charge in [-0.2, -0.15) is 0 Å². The molecule has 1 unspecified atom stereocenters. The Hall–Kier alpha value is -2.14. The first-order chi connectivity index (χ1) is 10.1. The maximum atomic E-state index is 12.2. The smallest absolute Gasteiger partial charge is 0.225 e. The number of aromatic nitrogens is 1. The molecule has 2 N–H and O–H groups in total. The highest BCUT2D eigenvalue weighted by molar-refractivity contribution is 5.79. The molecule has 1 heterocycles. The topological polar surface area (TPSA) is 75.4 Å². The summed E-state index contributed by atoms with van der Waals surface area (Å²) in [7, 11) is 0. The molecule has 0 aliphatic rings. The Morgan fingerprint density at radius 3 is 2.62 bits per heavy atom. The first kappa shape index (κ1) is 15.3. The fraction of sp³-hybridized carbons (Fsp3) is 0.375. The minimum atomic E-state index is -0.191. The number of hydrogen-bond acceptors (Lipinski definition) is 4. The molecule has 0 aliphatic heterocycles. The molecule has 0 radical (unpaired) electrons. The number of carbonyl (C=O) groups is 1. The van der Waals surface area contributed by atoms with Crippen LogP contribution in [0.15, 0.2) is 34.9 Å². The summed E-state index contributed by atoms with van der Waals surface area (Å²) in [6, 6.07) is 9.45. The van der Waals surface area contributed by atoms with Crippen molar-refractivity contribution >= 4 is 5.91 Å². The number of nitrogens with one attached hydrogen (secondary N) is 1. The van der Waals surface area contributed by atoms with Crippen LogP contribution in [0, 0.1) is 13.8 Å². The van der Waals surface area contributed by atoms with Gasteiger partial charge in [-0.3, -0.25) is 4.79 Å². The quantitative estimate of drug-likeness (QED) is 0.853. The molecule has 21 heavy (non-hydrogen) atoms. The molecule has 2 rings (SSSR count). The van der Waals surface area contributed by atoms with Crippen molar-refractivity contribution < 1.29 is 14.4 Å². The van der Waals surface area contributed by atoms with Gasteiger partial charge in [0.25, 0.3) is 0 Å². The van der Waals surface area contributed by atoms with E-state index in [1.807, 2.05) is 37.3 Å². The summed E-state index contributed by atoms with van der Waals surface area (Å²) >= 11 is 0. The van der Waals surface area contributed by atoms with Gasteiger partial charge in [0, 0.05) is 12.2 Å². The van der Waals surface area contributed by atoms with Crippen molar-refractivity contribution in [2.75, 3.05) is 6.61 Å². The van der Waals surface area contributed by atoms with E-state index >= 15 is 0 Å². The maximum Gasteiger partial charge on any atom is 0.225 e. The number of aryl methyl sites for hydroxylation is 2. The Morgan fingerprint density at radius 2 is 2.05 bits per heavy atom. The average Bonchev–Trinajstić information content (AvgIpc) is 2.79. The van der Waals surface area contributed by atoms with Crippen molar-refractivity contribution in [3.63, 3.8) is 0 Å². The summed E-state index contributed by atoms with van der Waals surface area (Å²) in [6.07, 6.45) is 0.716. The monoisotopic (exact) mass is 288 g/mol. The van der Waals surface area contributed by atoms with Crippen LogP contribution >= 0.6 is 0 Å². The van der Waals surface area contributed by atoms with Crippen LogP contribution in [-0.2, 0) is 11.2 Å². The van der Waals surface area contributed by atoms with Crippen molar-refractivity contribution in [2.24, 2.45) is 0 Å². The standard InChI is InChI=1S/C16H20N2O3/c1-11-14(12(2)21-18-11)10-16(20)17-15(8-9-19)13-6-4-3-5-7-13/h3-7,15,19H,8-10H2,1-2H3,(H,17,20). The highest BCUT2D eigenvalue weighted by Crippen LogP contribution is 2.17. The Labute approximate surface area is 124 Å². The third-order valence-electron chi connectivity index (χ3n) is 3.47. The largest absolute Gasteiger partial charge is 0.396 e. The fourth-order valence-electron chi connectivity index (χ4n) is 2.30. The van der Waals surface area contributed by atoms with E-state index in [-0.39, 0.29) is 25.0 Å². The zero-order valence-electron chi connectivity index (χ0n) is 12.3. The normalized spacial score (nSPS) is 12.1. The van der Waals surface area contributed by atoms with Gasteiger partial charge in [0.05, 0.1) is 18.2 Å². The SMILES string of the molecule is Cc1noc(C)c1CC(=O)NC(CCO)c1ccccc1. The molecule has 0 saturated carbocycles. The molecule has 5 heteroatoms. The van der Waals surface area contributed by atoms with Gasteiger partial charge in [0.1, 0.15) is 5.76 Å². The third-order valence-corrected chi connectivity index (χ3v) is 3.47. The number of amides is 1. The lowest BCUT2D eigenvalue weighted by atomic mass is 10.0. The van der Waals surface area contributed by atoms with Crippen LogP contribution in [0.3, 0.4) is 0 Å². The summed E-state index contributed by atoms with van der Waals surface area (Å²) in [5.74, 6) is 0.563. The Kier molecular flexibility index (Phi) is 5.11. The predicted molar refractivity (Wildman–Crippen MR) is 78.7 cm³/mol. The molecule has 1 amide bonds. The molecule has 112 valence electrons. The zero-order valence-corrected chi connectivity index (χ0v) is 12.3. The van der Waals surface area contributed by atoms with Crippen molar-refractivity contribution in [3.8, 4) is 0 Å². The third kappa shape index (κ3) is 3.92. The Bertz CT molecular complexity index is 573. The van der Waals surface area contributed by atoms with Crippen LogP contribution in [0.25, 0.3) is 0 Å². The number of aliphatic hydroxyl groups is 1. The van der Waals surface area contributed by atoms with Gasteiger partial charge in [-0.25, -0.2) is 0 Å². The second-order valence-electron chi connectivity index (χ2n) is 5.02. The van der Waals surface area contributed by atoms with Crippen LogP contribution in [0.2, 0.25) is 0 Å². The Balaban J connectivity index is 2.05. The molecule has 5 nitrogen and oxygen atoms in total. The first-order valence-electron chi connectivity index (χ1n) is 6.98. The van der Waals surface area contributed by atoms with Crippen molar-refractivity contribution in [1.29, 1.82) is 0 Å². The summed E-state index contributed by atoms with van der Waals surface area (Å²) < 4.78 is 5.06. The van der Waals surface area contributed by atoms with Gasteiger partial charge < -0.3 is 14.9 Å². The summed E-state index contributed by atoms with van der Waals surface area (Å²) in [5.41, 5.74) is 2.54. The lowest BCUT2D eigenvalue weighted by Crippen LogP contribution is -2.30. The maximum absolute atomic E-state index is 12.2. The highest BCUT2D eigenvalue weighted by Gasteiger charge is 2.17. The molecule has 1 aromatic carbocycles. The van der Waals surface area contributed by atoms with Crippen LogP contribution in [-0.4, -0.2) is 22.8 Å². The summed E-state index contributed by atoms with van der Waals surface area (Å²) in [4.78, 5) is 12.2. The zero-order chi connectivity index (χ0) is 15.2. The second kappa shape index (κ2) is 7.04. The van der Waals surface area contributed by atoms with Gasteiger partial charge >= 0.3 is 0 Å². The van der Waals surface area contributed by atoms with E-state index in [2.05, 4.69) is 10.5 Å². The van der Waals surface area contributed by atoms with E-state index in [0.717, 1.165) is 16.8 Å². The number of carbonyl (C=O) groups excluding carboxylic acids is 1. The number of rotatable bonds is 6. The van der Waals surface area contributed by atoms with Crippen LogP contribution in [0.4, 0.5) is 0 Å². The second-order valence-corrected chi connectivity index (χ2v) is 5.02. The first-order valence-corrected chi connectivity index (χ1v) is 6.98. The van der Waals surface area contributed by atoms with Crippen molar-refractivity contribution in [3.05, 3.63) is 52.9 Å². The van der Waals surface area contributed by atoms with Crippen LogP contribution in [0.5, 0.6) is 0 Å². The number of nitrogens with zero attached hydrogens (tertiary/aromatic N) is 1. The molecular formula is C16H20N2O3. The molecule has 0 aliphatic carbocycles. The van der Waals surface area contributed by atoms with Crippen molar-refractivity contribution in [1.82, 2.24) is 10.5 Å². The Morgan fingerprint density at radius 1 is 1.33 bits per heavy atom. The molecule has 0 spiro atoms. The summed E-state index contributed by atoms with van der Waals surface area (Å²) in [5, 5.41) is 16.0. The number of benzene rings is 1. The summed E-state index contributed by atoms with van der Waals surface area (Å²) in [6.45, 7) is 3.64. The number of hydrogen-bond donors (Lipinski definition) is 2. The molecule has 1 aromatic heterocycles. The van der Waals surface area contributed by atoms with E-state index in [1.54, 1.807) is 6.92 Å². The fourth-order valence-corrected chi connectivity index (χ4v) is 2.30. The molecule has 1 atom stereocenters. The van der Waals surface area contributed by atoms with Gasteiger partial charge in [-0.05, 0) is 25.8 Å². The highest BCUT2D eigenvalue weighted by atomic mass is 16.5. The molecule has 0 saturated heterocycles. The van der Waals surface area contributed by atoms with Gasteiger partial charge in [-0.15, -0.1) is 0 Å². The molecular weight excluding hydrogens is 268 g/mol. The van der Waals surface area contributed by atoms with E-state index in [0.29, 0.717) is 12.2 Å². The van der Waals surface area contributed by atoms with Crippen LogP contribution < -0.4 is 5.32 Å². The van der Waals surface area contributed by atoms with E-state index in [4.69, 9.17) is 4.52 Å². The lowest BCUT2D eigenvalue weighted by Gasteiger charge is -2.18. The van der Waals surface area contributed by atoms with E-state index in [1.165, 1.54) is 0 Å².